The number of rotatable bonds is 10. The first-order chi connectivity index (χ1) is 11.9. The summed E-state index contributed by atoms with van der Waals surface area (Å²) in [5.41, 5.74) is 0.731. The second-order valence-electron chi connectivity index (χ2n) is 5.64. The summed E-state index contributed by atoms with van der Waals surface area (Å²) in [6, 6.07) is 12.6. The molecule has 136 valence electrons. The lowest BCUT2D eigenvalue weighted by Crippen LogP contribution is -2.27. The fourth-order valence-electron chi connectivity index (χ4n) is 2.28. The van der Waals surface area contributed by atoms with Crippen LogP contribution in [0.1, 0.15) is 34.3 Å². The Bertz CT molecular complexity index is 786. The molecule has 0 saturated carbocycles. The average molecular weight is 383 g/mol. The third-order valence-corrected chi connectivity index (χ3v) is 6.14. The van der Waals surface area contributed by atoms with Crippen molar-refractivity contribution in [3.63, 3.8) is 0 Å². The minimum Gasteiger partial charge on any atom is -0.481 e. The van der Waals surface area contributed by atoms with E-state index in [-0.39, 0.29) is 25.1 Å². The highest BCUT2D eigenvalue weighted by Gasteiger charge is 2.14. The van der Waals surface area contributed by atoms with Gasteiger partial charge in [0.05, 0.1) is 11.9 Å². The molecule has 3 N–H and O–H groups in total. The van der Waals surface area contributed by atoms with Gasteiger partial charge in [-0.3, -0.25) is 4.79 Å². The van der Waals surface area contributed by atoms with Crippen LogP contribution >= 0.6 is 11.3 Å². The van der Waals surface area contributed by atoms with Crippen molar-refractivity contribution >= 4 is 27.3 Å². The quantitative estimate of drug-likeness (QED) is 0.584. The Labute approximate surface area is 151 Å². The summed E-state index contributed by atoms with van der Waals surface area (Å²) in [6.45, 7) is 0.278. The van der Waals surface area contributed by atoms with Gasteiger partial charge in [-0.2, -0.15) is 0 Å². The van der Waals surface area contributed by atoms with Crippen LogP contribution in [-0.4, -0.2) is 31.1 Å². The van der Waals surface area contributed by atoms with Crippen molar-refractivity contribution in [3.8, 4) is 0 Å². The summed E-state index contributed by atoms with van der Waals surface area (Å²) < 4.78 is 26.7. The molecule has 0 aliphatic heterocycles. The maximum absolute atomic E-state index is 12.0. The van der Waals surface area contributed by atoms with E-state index in [0.717, 1.165) is 10.4 Å². The number of aliphatic hydroxyl groups is 1. The number of aliphatic carboxylic acids is 1. The highest BCUT2D eigenvalue weighted by atomic mass is 32.2. The van der Waals surface area contributed by atoms with Gasteiger partial charge in [0.2, 0.25) is 10.0 Å². The van der Waals surface area contributed by atoms with E-state index in [2.05, 4.69) is 4.72 Å². The lowest BCUT2D eigenvalue weighted by Gasteiger charge is -2.07. The topological polar surface area (TPSA) is 104 Å². The van der Waals surface area contributed by atoms with E-state index < -0.39 is 22.1 Å². The van der Waals surface area contributed by atoms with Crippen molar-refractivity contribution < 1.29 is 23.4 Å². The molecule has 0 spiro atoms. The number of hydrogen-bond acceptors (Lipinski definition) is 5. The Hall–Kier alpha value is -1.74. The lowest BCUT2D eigenvalue weighted by atomic mass is 10.1. The van der Waals surface area contributed by atoms with Gasteiger partial charge in [0, 0.05) is 22.7 Å². The second-order valence-corrected chi connectivity index (χ2v) is 8.65. The van der Waals surface area contributed by atoms with Crippen LogP contribution in [0.2, 0.25) is 0 Å². The van der Waals surface area contributed by atoms with Crippen LogP contribution < -0.4 is 4.72 Å². The molecule has 0 fully saturated rings. The molecular weight excluding hydrogens is 362 g/mol. The number of benzene rings is 1. The fraction of sp³-hybridized carbons (Fsp3) is 0.353. The maximum atomic E-state index is 12.0. The zero-order valence-electron chi connectivity index (χ0n) is 13.6. The van der Waals surface area contributed by atoms with Crippen LogP contribution in [0.15, 0.2) is 42.5 Å². The van der Waals surface area contributed by atoms with E-state index in [9.17, 15) is 18.3 Å². The molecule has 2 rings (SSSR count). The summed E-state index contributed by atoms with van der Waals surface area (Å²) in [5, 5.41) is 18.6. The Morgan fingerprint density at radius 1 is 1.16 bits per heavy atom. The molecule has 1 heterocycles. The van der Waals surface area contributed by atoms with Gasteiger partial charge in [-0.25, -0.2) is 13.1 Å². The van der Waals surface area contributed by atoms with Gasteiger partial charge in [-0.05, 0) is 30.5 Å². The van der Waals surface area contributed by atoms with E-state index in [4.69, 9.17) is 5.11 Å². The normalized spacial score (nSPS) is 12.8. The van der Waals surface area contributed by atoms with Gasteiger partial charge in [0.1, 0.15) is 0 Å². The van der Waals surface area contributed by atoms with E-state index >= 15 is 0 Å². The molecule has 1 atom stereocenters. The Kier molecular flexibility index (Phi) is 7.12. The van der Waals surface area contributed by atoms with Gasteiger partial charge in [-0.1, -0.05) is 30.3 Å². The Balaban J connectivity index is 1.80. The summed E-state index contributed by atoms with van der Waals surface area (Å²) in [4.78, 5) is 12.2. The number of sulfonamides is 1. The van der Waals surface area contributed by atoms with Crippen molar-refractivity contribution in [1.29, 1.82) is 0 Å². The van der Waals surface area contributed by atoms with Crippen LogP contribution in [0.5, 0.6) is 0 Å². The molecule has 8 heteroatoms. The molecule has 0 radical (unpaired) electrons. The number of nitrogens with one attached hydrogen (secondary N) is 1. The molecule has 25 heavy (non-hydrogen) atoms. The number of thiophene rings is 1. The first kappa shape index (κ1) is 19.6. The number of hydrogen-bond donors (Lipinski definition) is 3. The standard InChI is InChI=1S/C17H21NO5S2/c19-15(7-9-17(20)21)16-8-6-14(24-16)10-11-18-25(22,23)12-13-4-2-1-3-5-13/h1-6,8,15,18-19H,7,9-12H2,(H,20,21). The van der Waals surface area contributed by atoms with Crippen LogP contribution in [0.3, 0.4) is 0 Å². The second kappa shape index (κ2) is 9.10. The number of carbonyl (C=O) groups is 1. The molecule has 0 aliphatic rings. The smallest absolute Gasteiger partial charge is 0.303 e. The van der Waals surface area contributed by atoms with Crippen molar-refractivity contribution in [2.75, 3.05) is 6.54 Å². The predicted molar refractivity (Wildman–Crippen MR) is 96.9 cm³/mol. The van der Waals surface area contributed by atoms with Crippen molar-refractivity contribution in [1.82, 2.24) is 4.72 Å². The molecule has 0 amide bonds. The number of carboxylic acid groups (broad SMARTS) is 1. The molecule has 1 aromatic carbocycles. The minimum absolute atomic E-state index is 0.0581. The summed E-state index contributed by atoms with van der Waals surface area (Å²) in [5.74, 6) is -0.999. The lowest BCUT2D eigenvalue weighted by molar-refractivity contribution is -0.137. The highest BCUT2D eigenvalue weighted by Crippen LogP contribution is 2.26. The largest absolute Gasteiger partial charge is 0.481 e. The first-order valence-electron chi connectivity index (χ1n) is 7.85. The van der Waals surface area contributed by atoms with Crippen molar-refractivity contribution in [3.05, 3.63) is 57.8 Å². The van der Waals surface area contributed by atoms with E-state index in [0.29, 0.717) is 11.3 Å². The molecule has 1 aromatic heterocycles. The number of aliphatic hydroxyl groups excluding tert-OH is 1. The van der Waals surface area contributed by atoms with Crippen LogP contribution in [-0.2, 0) is 27.0 Å². The van der Waals surface area contributed by atoms with Crippen molar-refractivity contribution in [2.24, 2.45) is 0 Å². The zero-order valence-corrected chi connectivity index (χ0v) is 15.2. The van der Waals surface area contributed by atoms with Gasteiger partial charge in [0.15, 0.2) is 0 Å². The first-order valence-corrected chi connectivity index (χ1v) is 10.3. The molecule has 6 nitrogen and oxygen atoms in total. The Morgan fingerprint density at radius 2 is 1.88 bits per heavy atom. The maximum Gasteiger partial charge on any atom is 0.303 e. The summed E-state index contributed by atoms with van der Waals surface area (Å²) in [6.07, 6.45) is -0.207. The zero-order chi connectivity index (χ0) is 18.3. The molecule has 0 saturated heterocycles. The highest BCUT2D eigenvalue weighted by molar-refractivity contribution is 7.88. The Morgan fingerprint density at radius 3 is 2.56 bits per heavy atom. The average Bonchev–Trinajstić information content (AvgIpc) is 3.02. The van der Waals surface area contributed by atoms with Crippen molar-refractivity contribution in [2.45, 2.75) is 31.1 Å². The SMILES string of the molecule is O=C(O)CCC(O)c1ccc(CCNS(=O)(=O)Cc2ccccc2)s1. The van der Waals surface area contributed by atoms with Gasteiger partial charge in [-0.15, -0.1) is 11.3 Å². The van der Waals surface area contributed by atoms with Gasteiger partial charge >= 0.3 is 5.97 Å². The monoisotopic (exact) mass is 383 g/mol. The van der Waals surface area contributed by atoms with E-state index in [1.807, 2.05) is 12.1 Å². The molecular formula is C17H21NO5S2. The molecule has 0 aliphatic carbocycles. The summed E-state index contributed by atoms with van der Waals surface area (Å²) in [7, 11) is -3.39. The predicted octanol–water partition coefficient (Wildman–Crippen LogP) is 2.31. The third kappa shape index (κ3) is 6.95. The fourth-order valence-corrected chi connectivity index (χ4v) is 4.46. The molecule has 0 bridgehead atoms. The number of carboxylic acids is 1. The van der Waals surface area contributed by atoms with Crippen LogP contribution in [0.4, 0.5) is 0 Å². The minimum atomic E-state index is -3.39. The van der Waals surface area contributed by atoms with E-state index in [1.54, 1.807) is 30.3 Å². The van der Waals surface area contributed by atoms with E-state index in [1.165, 1.54) is 11.3 Å². The van der Waals surface area contributed by atoms with Gasteiger partial charge in [0.25, 0.3) is 0 Å². The van der Waals surface area contributed by atoms with Crippen LogP contribution in [0.25, 0.3) is 0 Å². The van der Waals surface area contributed by atoms with Gasteiger partial charge < -0.3 is 10.2 Å². The third-order valence-electron chi connectivity index (χ3n) is 3.54. The molecule has 1 unspecified atom stereocenters. The molecule has 2 aromatic rings. The van der Waals surface area contributed by atoms with Crippen LogP contribution in [0, 0.1) is 0 Å². The summed E-state index contributed by atoms with van der Waals surface area (Å²) >= 11 is 1.37.